The van der Waals surface area contributed by atoms with Crippen LogP contribution >= 0.6 is 0 Å². The number of amides is 1. The molecule has 1 saturated carbocycles. The van der Waals surface area contributed by atoms with E-state index < -0.39 is 12.0 Å². The highest BCUT2D eigenvalue weighted by Gasteiger charge is 2.47. The van der Waals surface area contributed by atoms with Crippen molar-refractivity contribution in [3.05, 3.63) is 36.2 Å². The van der Waals surface area contributed by atoms with Crippen molar-refractivity contribution >= 4 is 11.9 Å². The fourth-order valence-corrected chi connectivity index (χ4v) is 4.43. The van der Waals surface area contributed by atoms with Crippen LogP contribution in [0.25, 0.3) is 11.5 Å². The second-order valence-electron chi connectivity index (χ2n) is 7.37. The normalized spacial score (nSPS) is 24.6. The Bertz CT molecular complexity index is 820. The van der Waals surface area contributed by atoms with Crippen molar-refractivity contribution in [2.45, 2.75) is 57.0 Å². The van der Waals surface area contributed by atoms with E-state index in [2.05, 4.69) is 10.2 Å². The molecule has 2 heterocycles. The molecule has 142 valence electrons. The number of benzene rings is 1. The zero-order valence-electron chi connectivity index (χ0n) is 15.1. The van der Waals surface area contributed by atoms with Crippen LogP contribution in [0.2, 0.25) is 0 Å². The third kappa shape index (κ3) is 3.59. The van der Waals surface area contributed by atoms with Gasteiger partial charge in [-0.25, -0.2) is 4.79 Å². The molecule has 1 amide bonds. The summed E-state index contributed by atoms with van der Waals surface area (Å²) < 4.78 is 5.65. The molecular formula is C20H23N3O4. The van der Waals surface area contributed by atoms with Crippen LogP contribution in [0.1, 0.15) is 44.4 Å². The topological polar surface area (TPSA) is 96.5 Å². The molecule has 7 heteroatoms. The van der Waals surface area contributed by atoms with Crippen molar-refractivity contribution in [1.82, 2.24) is 15.1 Å². The molecule has 1 aliphatic heterocycles. The van der Waals surface area contributed by atoms with Gasteiger partial charge in [-0.05, 0) is 37.3 Å². The van der Waals surface area contributed by atoms with E-state index in [1.165, 1.54) is 0 Å². The van der Waals surface area contributed by atoms with E-state index in [0.29, 0.717) is 30.5 Å². The number of hydrogen-bond acceptors (Lipinski definition) is 5. The van der Waals surface area contributed by atoms with Crippen LogP contribution in [0, 0.1) is 5.92 Å². The van der Waals surface area contributed by atoms with E-state index in [1.54, 1.807) is 4.90 Å². The van der Waals surface area contributed by atoms with E-state index in [9.17, 15) is 14.7 Å². The number of carbonyl (C=O) groups is 2. The number of nitrogens with zero attached hydrogens (tertiary/aromatic N) is 3. The van der Waals surface area contributed by atoms with Crippen LogP contribution in [0.3, 0.4) is 0 Å². The van der Waals surface area contributed by atoms with E-state index in [1.807, 2.05) is 30.3 Å². The quantitative estimate of drug-likeness (QED) is 0.870. The highest BCUT2D eigenvalue weighted by molar-refractivity contribution is 5.84. The first-order chi connectivity index (χ1) is 13.1. The molecule has 0 radical (unpaired) electrons. The smallest absolute Gasteiger partial charge is 0.326 e. The third-order valence-electron chi connectivity index (χ3n) is 5.70. The van der Waals surface area contributed by atoms with Crippen molar-refractivity contribution in [2.75, 3.05) is 0 Å². The molecule has 1 N–H and O–H groups in total. The molecule has 2 fully saturated rings. The maximum absolute atomic E-state index is 12.8. The van der Waals surface area contributed by atoms with Crippen LogP contribution in [0.5, 0.6) is 0 Å². The number of likely N-dealkylation sites (tertiary alicyclic amines) is 1. The van der Waals surface area contributed by atoms with Crippen LogP contribution in [-0.2, 0) is 16.0 Å². The van der Waals surface area contributed by atoms with Crippen LogP contribution in [-0.4, -0.2) is 44.2 Å². The van der Waals surface area contributed by atoms with Gasteiger partial charge in [-0.15, -0.1) is 10.2 Å². The maximum Gasteiger partial charge on any atom is 0.326 e. The Balaban J connectivity index is 1.42. The molecule has 1 aromatic heterocycles. The van der Waals surface area contributed by atoms with Crippen molar-refractivity contribution in [1.29, 1.82) is 0 Å². The molecule has 1 saturated heterocycles. The minimum Gasteiger partial charge on any atom is -0.480 e. The van der Waals surface area contributed by atoms with Crippen LogP contribution in [0.15, 0.2) is 34.7 Å². The van der Waals surface area contributed by atoms with E-state index in [0.717, 1.165) is 31.2 Å². The van der Waals surface area contributed by atoms with E-state index in [4.69, 9.17) is 4.42 Å². The number of aryl methyl sites for hydroxylation is 1. The zero-order valence-corrected chi connectivity index (χ0v) is 15.1. The zero-order chi connectivity index (χ0) is 18.8. The Morgan fingerprint density at radius 1 is 1.15 bits per heavy atom. The van der Waals surface area contributed by atoms with Crippen LogP contribution < -0.4 is 0 Å². The fourth-order valence-electron chi connectivity index (χ4n) is 4.43. The summed E-state index contributed by atoms with van der Waals surface area (Å²) in [5, 5.41) is 17.6. The summed E-state index contributed by atoms with van der Waals surface area (Å²) in [5.41, 5.74) is 0.832. The standard InChI is InChI=1S/C20H23N3O4/c24-18(23-15-9-5-4-8-14(15)12-16(23)20(25)26)11-10-17-21-22-19(27-17)13-6-2-1-3-7-13/h1-3,6-7,14-16H,4-5,8-12H2,(H,25,26)/t14-,15+,16-/m0/s1. The molecule has 2 aromatic rings. The van der Waals surface area contributed by atoms with Gasteiger partial charge in [0.25, 0.3) is 0 Å². The number of carboxylic acid groups (broad SMARTS) is 1. The molecule has 27 heavy (non-hydrogen) atoms. The van der Waals surface area contributed by atoms with Gasteiger partial charge in [0.2, 0.25) is 17.7 Å². The van der Waals surface area contributed by atoms with Gasteiger partial charge in [0.05, 0.1) is 0 Å². The highest BCUT2D eigenvalue weighted by Crippen LogP contribution is 2.40. The number of aliphatic carboxylic acids is 1. The Morgan fingerprint density at radius 2 is 1.93 bits per heavy atom. The number of aromatic nitrogens is 2. The van der Waals surface area contributed by atoms with Gasteiger partial charge in [0.15, 0.2) is 0 Å². The Morgan fingerprint density at radius 3 is 2.70 bits per heavy atom. The lowest BCUT2D eigenvalue weighted by atomic mass is 9.84. The number of carbonyl (C=O) groups excluding carboxylic acids is 1. The first kappa shape index (κ1) is 17.7. The molecule has 1 aliphatic carbocycles. The van der Waals surface area contributed by atoms with E-state index in [-0.39, 0.29) is 18.4 Å². The molecular weight excluding hydrogens is 346 g/mol. The molecule has 0 unspecified atom stereocenters. The summed E-state index contributed by atoms with van der Waals surface area (Å²) in [7, 11) is 0. The minimum atomic E-state index is -0.901. The summed E-state index contributed by atoms with van der Waals surface area (Å²) in [6, 6.07) is 8.82. The summed E-state index contributed by atoms with van der Waals surface area (Å²) in [6.07, 6.45) is 5.18. The second kappa shape index (κ2) is 7.50. The highest BCUT2D eigenvalue weighted by atomic mass is 16.4. The van der Waals surface area contributed by atoms with Gasteiger partial charge in [-0.2, -0.15) is 0 Å². The molecule has 3 atom stereocenters. The Kier molecular flexibility index (Phi) is 4.92. The fraction of sp³-hybridized carbons (Fsp3) is 0.500. The van der Waals surface area contributed by atoms with Crippen molar-refractivity contribution in [3.63, 3.8) is 0 Å². The third-order valence-corrected chi connectivity index (χ3v) is 5.70. The summed E-state index contributed by atoms with van der Waals surface area (Å²) in [4.78, 5) is 26.1. The number of hydrogen-bond donors (Lipinski definition) is 1. The first-order valence-corrected chi connectivity index (χ1v) is 9.55. The second-order valence-corrected chi connectivity index (χ2v) is 7.37. The lowest BCUT2D eigenvalue weighted by molar-refractivity contribution is -0.149. The van der Waals surface area contributed by atoms with Gasteiger partial charge in [0.1, 0.15) is 6.04 Å². The van der Waals surface area contributed by atoms with Gasteiger partial charge >= 0.3 is 5.97 Å². The largest absolute Gasteiger partial charge is 0.480 e. The molecule has 7 nitrogen and oxygen atoms in total. The Labute approximate surface area is 157 Å². The lowest BCUT2D eigenvalue weighted by Crippen LogP contribution is -2.46. The molecule has 1 aromatic carbocycles. The average Bonchev–Trinajstić information content (AvgIpc) is 3.32. The maximum atomic E-state index is 12.8. The van der Waals surface area contributed by atoms with Crippen molar-refractivity contribution < 1.29 is 19.1 Å². The van der Waals surface area contributed by atoms with Gasteiger partial charge < -0.3 is 14.4 Å². The van der Waals surface area contributed by atoms with Crippen molar-refractivity contribution in [2.24, 2.45) is 5.92 Å². The van der Waals surface area contributed by atoms with Crippen molar-refractivity contribution in [3.8, 4) is 11.5 Å². The van der Waals surface area contributed by atoms with Gasteiger partial charge in [-0.3, -0.25) is 4.79 Å². The van der Waals surface area contributed by atoms with Gasteiger partial charge in [0, 0.05) is 24.4 Å². The molecule has 4 rings (SSSR count). The summed E-state index contributed by atoms with van der Waals surface area (Å²) >= 11 is 0. The SMILES string of the molecule is O=C(O)[C@@H]1C[C@@H]2CCCC[C@H]2N1C(=O)CCc1nnc(-c2ccccc2)o1. The molecule has 2 aliphatic rings. The molecule has 0 bridgehead atoms. The number of fused-ring (bicyclic) bond motifs is 1. The number of carboxylic acids is 1. The predicted molar refractivity (Wildman–Crippen MR) is 96.7 cm³/mol. The monoisotopic (exact) mass is 369 g/mol. The first-order valence-electron chi connectivity index (χ1n) is 9.55. The van der Waals surface area contributed by atoms with E-state index >= 15 is 0 Å². The number of rotatable bonds is 5. The molecule has 0 spiro atoms. The minimum absolute atomic E-state index is 0.0647. The van der Waals surface area contributed by atoms with Crippen LogP contribution in [0.4, 0.5) is 0 Å². The Hall–Kier alpha value is -2.70. The average molecular weight is 369 g/mol. The summed E-state index contributed by atoms with van der Waals surface area (Å²) in [6.45, 7) is 0. The lowest BCUT2D eigenvalue weighted by Gasteiger charge is -2.33. The van der Waals surface area contributed by atoms with Gasteiger partial charge in [-0.1, -0.05) is 31.0 Å². The predicted octanol–water partition coefficient (Wildman–Crippen LogP) is 2.91. The summed E-state index contributed by atoms with van der Waals surface area (Å²) in [5.74, 6) is 0.110.